The molecule has 0 atom stereocenters. The van der Waals surface area contributed by atoms with E-state index in [0.29, 0.717) is 0 Å². The quantitative estimate of drug-likeness (QED) is 0.188. The number of para-hydroxylation sites is 2. The van der Waals surface area contributed by atoms with Gasteiger partial charge in [0.2, 0.25) is 0 Å². The molecule has 238 valence electrons. The van der Waals surface area contributed by atoms with Crippen molar-refractivity contribution in [3.8, 4) is 56.4 Å². The van der Waals surface area contributed by atoms with Crippen molar-refractivity contribution in [3.63, 3.8) is 0 Å². The molecule has 9 aromatic rings. The summed E-state index contributed by atoms with van der Waals surface area (Å²) in [5.74, 6) is 2.49. The lowest BCUT2D eigenvalue weighted by Gasteiger charge is -2.39. The van der Waals surface area contributed by atoms with E-state index in [1.54, 1.807) is 11.3 Å². The Kier molecular flexibility index (Phi) is 6.04. The van der Waals surface area contributed by atoms with Crippen LogP contribution in [0, 0.1) is 0 Å². The number of benzene rings is 7. The molecule has 51 heavy (non-hydrogen) atoms. The van der Waals surface area contributed by atoms with Crippen LogP contribution in [0.25, 0.3) is 65.2 Å². The summed E-state index contributed by atoms with van der Waals surface area (Å²) in [6, 6.07) is 60.5. The minimum absolute atomic E-state index is 0.606. The van der Waals surface area contributed by atoms with Crippen molar-refractivity contribution < 1.29 is 4.74 Å². The SMILES string of the molecule is c1ccc(-c2ccc3c(c2)C2(c4ccccc4Oc4ccccc42)c2cccc(-c4nc(-c5ccccc5)nc5c4sc4ccccc45)c2-3)cc1. The third-order valence-electron chi connectivity index (χ3n) is 10.6. The molecule has 1 spiro atoms. The van der Waals surface area contributed by atoms with Gasteiger partial charge in [0, 0.05) is 32.3 Å². The summed E-state index contributed by atoms with van der Waals surface area (Å²) in [4.78, 5) is 10.7. The highest BCUT2D eigenvalue weighted by atomic mass is 32.1. The molecule has 0 fully saturated rings. The maximum atomic E-state index is 6.66. The highest BCUT2D eigenvalue weighted by molar-refractivity contribution is 7.26. The van der Waals surface area contributed by atoms with Gasteiger partial charge in [0.25, 0.3) is 0 Å². The van der Waals surface area contributed by atoms with Crippen LogP contribution in [0.5, 0.6) is 11.5 Å². The summed E-state index contributed by atoms with van der Waals surface area (Å²) in [5.41, 5.74) is 13.0. The predicted octanol–water partition coefficient (Wildman–Crippen LogP) is 12.3. The molecule has 7 aromatic carbocycles. The van der Waals surface area contributed by atoms with E-state index in [2.05, 4.69) is 164 Å². The molecule has 0 saturated carbocycles. The van der Waals surface area contributed by atoms with E-state index in [1.165, 1.54) is 38.1 Å². The Morgan fingerprint density at radius 3 is 1.88 bits per heavy atom. The first-order valence-electron chi connectivity index (χ1n) is 17.2. The summed E-state index contributed by atoms with van der Waals surface area (Å²) in [6.45, 7) is 0. The van der Waals surface area contributed by atoms with E-state index in [9.17, 15) is 0 Å². The molecule has 1 aliphatic carbocycles. The fraction of sp³-hybridized carbons (Fsp3) is 0.0213. The minimum atomic E-state index is -0.606. The Bertz CT molecular complexity index is 2790. The number of thiophene rings is 1. The van der Waals surface area contributed by atoms with Crippen LogP contribution in [0.2, 0.25) is 0 Å². The van der Waals surface area contributed by atoms with Gasteiger partial charge in [-0.1, -0.05) is 146 Å². The van der Waals surface area contributed by atoms with Crippen LogP contribution in [-0.4, -0.2) is 9.97 Å². The molecule has 1 aliphatic heterocycles. The van der Waals surface area contributed by atoms with Crippen LogP contribution in [0.3, 0.4) is 0 Å². The first-order valence-corrected chi connectivity index (χ1v) is 18.1. The van der Waals surface area contributed by atoms with Crippen LogP contribution < -0.4 is 4.74 Å². The topological polar surface area (TPSA) is 35.0 Å². The summed E-state index contributed by atoms with van der Waals surface area (Å²) in [7, 11) is 0. The number of ether oxygens (including phenoxy) is 1. The zero-order chi connectivity index (χ0) is 33.5. The van der Waals surface area contributed by atoms with Gasteiger partial charge in [-0.05, 0) is 57.6 Å². The van der Waals surface area contributed by atoms with Gasteiger partial charge in [-0.3, -0.25) is 0 Å². The Morgan fingerprint density at radius 1 is 0.471 bits per heavy atom. The predicted molar refractivity (Wildman–Crippen MR) is 209 cm³/mol. The van der Waals surface area contributed by atoms with Crippen molar-refractivity contribution in [2.24, 2.45) is 0 Å². The van der Waals surface area contributed by atoms with Crippen molar-refractivity contribution in [3.05, 3.63) is 192 Å². The van der Waals surface area contributed by atoms with E-state index in [4.69, 9.17) is 14.7 Å². The lowest BCUT2D eigenvalue weighted by molar-refractivity contribution is 0.436. The van der Waals surface area contributed by atoms with Gasteiger partial charge in [-0.2, -0.15) is 0 Å². The Morgan fingerprint density at radius 2 is 1.12 bits per heavy atom. The molecule has 0 bridgehead atoms. The molecule has 3 nitrogen and oxygen atoms in total. The summed E-state index contributed by atoms with van der Waals surface area (Å²) >= 11 is 1.77. The van der Waals surface area contributed by atoms with E-state index in [0.717, 1.165) is 60.9 Å². The molecule has 0 radical (unpaired) electrons. The van der Waals surface area contributed by atoms with Crippen molar-refractivity contribution >= 4 is 31.6 Å². The molecule has 2 aromatic heterocycles. The first-order chi connectivity index (χ1) is 25.3. The minimum Gasteiger partial charge on any atom is -0.457 e. The molecule has 2 aliphatic rings. The smallest absolute Gasteiger partial charge is 0.160 e. The van der Waals surface area contributed by atoms with Gasteiger partial charge in [0.05, 0.1) is 21.3 Å². The molecule has 4 heteroatoms. The summed E-state index contributed by atoms with van der Waals surface area (Å²) in [5, 5.41) is 1.16. The molecule has 0 amide bonds. The van der Waals surface area contributed by atoms with Crippen molar-refractivity contribution in [1.82, 2.24) is 9.97 Å². The maximum absolute atomic E-state index is 6.66. The largest absolute Gasteiger partial charge is 0.457 e. The first kappa shape index (κ1) is 28.5. The average Bonchev–Trinajstić information content (AvgIpc) is 3.72. The van der Waals surface area contributed by atoms with Crippen molar-refractivity contribution in [2.45, 2.75) is 5.41 Å². The maximum Gasteiger partial charge on any atom is 0.160 e. The number of rotatable bonds is 3. The summed E-state index contributed by atoms with van der Waals surface area (Å²) in [6.07, 6.45) is 0. The zero-order valence-electron chi connectivity index (χ0n) is 27.4. The average molecular weight is 669 g/mol. The van der Waals surface area contributed by atoms with Gasteiger partial charge in [-0.15, -0.1) is 11.3 Å². The normalized spacial score (nSPS) is 13.4. The van der Waals surface area contributed by atoms with Gasteiger partial charge in [-0.25, -0.2) is 9.97 Å². The number of fused-ring (bicyclic) bond motifs is 12. The second-order valence-electron chi connectivity index (χ2n) is 13.2. The van der Waals surface area contributed by atoms with Gasteiger partial charge < -0.3 is 4.74 Å². The number of hydrogen-bond acceptors (Lipinski definition) is 4. The van der Waals surface area contributed by atoms with E-state index < -0.39 is 5.41 Å². The molecular weight excluding hydrogens is 641 g/mol. The van der Waals surface area contributed by atoms with E-state index in [1.807, 2.05) is 6.07 Å². The van der Waals surface area contributed by atoms with E-state index in [-0.39, 0.29) is 0 Å². The van der Waals surface area contributed by atoms with Gasteiger partial charge >= 0.3 is 0 Å². The molecule has 3 heterocycles. The van der Waals surface area contributed by atoms with Crippen molar-refractivity contribution in [1.29, 1.82) is 0 Å². The fourth-order valence-corrected chi connectivity index (χ4v) is 9.59. The highest BCUT2D eigenvalue weighted by Gasteiger charge is 2.52. The Hall–Kier alpha value is -6.36. The number of hydrogen-bond donors (Lipinski definition) is 0. The zero-order valence-corrected chi connectivity index (χ0v) is 28.2. The third kappa shape index (κ3) is 3.99. The fourth-order valence-electron chi connectivity index (χ4n) is 8.44. The van der Waals surface area contributed by atoms with Crippen LogP contribution in [0.15, 0.2) is 170 Å². The second-order valence-corrected chi connectivity index (χ2v) is 14.3. The van der Waals surface area contributed by atoms with Crippen LogP contribution in [0.4, 0.5) is 0 Å². The van der Waals surface area contributed by atoms with Crippen LogP contribution in [-0.2, 0) is 5.41 Å². The Labute approximate surface area is 299 Å². The Balaban J connectivity index is 1.29. The second kappa shape index (κ2) is 10.8. The van der Waals surface area contributed by atoms with E-state index >= 15 is 0 Å². The lowest BCUT2D eigenvalue weighted by Crippen LogP contribution is -2.32. The van der Waals surface area contributed by atoms with Gasteiger partial charge in [0.1, 0.15) is 11.5 Å². The number of aromatic nitrogens is 2. The molecule has 0 N–H and O–H groups in total. The number of nitrogens with zero attached hydrogens (tertiary/aromatic N) is 2. The molecular formula is C47H28N2OS. The van der Waals surface area contributed by atoms with Gasteiger partial charge in [0.15, 0.2) is 5.82 Å². The lowest BCUT2D eigenvalue weighted by atomic mass is 9.66. The standard InChI is InChI=1S/C47H28N2OS/c1-3-14-29(15-4-1)31-26-27-32-38(28-31)47(35-20-8-10-23-39(35)50-40-24-11-9-21-36(40)47)37-22-13-19-34(42(32)37)44-45-43(33-18-7-12-25-41(33)51-45)48-46(49-44)30-16-5-2-6-17-30/h1-28H. The van der Waals surface area contributed by atoms with Crippen LogP contribution >= 0.6 is 11.3 Å². The molecule has 0 saturated heterocycles. The molecule has 0 unspecified atom stereocenters. The highest BCUT2D eigenvalue weighted by Crippen LogP contribution is 2.64. The van der Waals surface area contributed by atoms with Crippen LogP contribution in [0.1, 0.15) is 22.3 Å². The third-order valence-corrected chi connectivity index (χ3v) is 11.7. The molecule has 11 rings (SSSR count). The summed E-state index contributed by atoms with van der Waals surface area (Å²) < 4.78 is 8.96. The monoisotopic (exact) mass is 668 g/mol. The van der Waals surface area contributed by atoms with Crippen molar-refractivity contribution in [2.75, 3.05) is 0 Å².